The monoisotopic (exact) mass is 487 g/mol. The molecule has 6 rings (SSSR count). The van der Waals surface area contributed by atoms with Gasteiger partial charge in [0.15, 0.2) is 11.9 Å². The lowest BCUT2D eigenvalue weighted by molar-refractivity contribution is -0.137. The van der Waals surface area contributed by atoms with Gasteiger partial charge < -0.3 is 14.8 Å². The van der Waals surface area contributed by atoms with Crippen LogP contribution in [0, 0.1) is 0 Å². The van der Waals surface area contributed by atoms with Crippen LogP contribution in [0.1, 0.15) is 43.9 Å². The first kappa shape index (κ1) is 22.2. The molecule has 0 aromatic carbocycles. The topological polar surface area (TPSA) is 91.4 Å². The van der Waals surface area contributed by atoms with Crippen molar-refractivity contribution >= 4 is 22.5 Å². The Kier molecular flexibility index (Phi) is 5.56. The molecular weight excluding hydrogens is 463 g/mol. The minimum Gasteiger partial charge on any atom is -0.379 e. The van der Waals surface area contributed by atoms with Crippen LogP contribution in [0.15, 0.2) is 30.6 Å². The average Bonchev–Trinajstić information content (AvgIpc) is 3.42. The van der Waals surface area contributed by atoms with Gasteiger partial charge in [-0.2, -0.15) is 18.3 Å². The summed E-state index contributed by atoms with van der Waals surface area (Å²) in [5, 5.41) is 12.9. The zero-order valence-electron chi connectivity index (χ0n) is 18.8. The molecule has 2 fully saturated rings. The molecule has 2 atom stereocenters. The van der Waals surface area contributed by atoms with Gasteiger partial charge in [-0.05, 0) is 44.2 Å². The molecule has 2 aliphatic rings. The van der Waals surface area contributed by atoms with Crippen molar-refractivity contribution in [2.45, 2.75) is 50.6 Å². The second kappa shape index (κ2) is 8.76. The Morgan fingerprint density at radius 2 is 1.94 bits per heavy atom. The smallest absolute Gasteiger partial charge is 0.379 e. The molecule has 0 spiro atoms. The third kappa shape index (κ3) is 4.10. The van der Waals surface area contributed by atoms with Gasteiger partial charge in [-0.25, -0.2) is 19.2 Å². The van der Waals surface area contributed by atoms with Crippen LogP contribution in [-0.2, 0) is 15.7 Å². The van der Waals surface area contributed by atoms with Gasteiger partial charge in [0.2, 0.25) is 5.95 Å². The number of nitrogens with zero attached hydrogens (tertiary/aromatic N) is 6. The summed E-state index contributed by atoms with van der Waals surface area (Å²) in [6, 6.07) is 5.36. The Hall–Kier alpha value is -3.25. The average molecular weight is 487 g/mol. The zero-order valence-corrected chi connectivity index (χ0v) is 18.8. The second-order valence-corrected chi connectivity index (χ2v) is 8.86. The van der Waals surface area contributed by atoms with Gasteiger partial charge in [-0.15, -0.1) is 5.10 Å². The second-order valence-electron chi connectivity index (χ2n) is 8.86. The Morgan fingerprint density at radius 3 is 2.71 bits per heavy atom. The summed E-state index contributed by atoms with van der Waals surface area (Å²) in [4.78, 5) is 8.32. The lowest BCUT2D eigenvalue weighted by Crippen LogP contribution is -2.31. The summed E-state index contributed by atoms with van der Waals surface area (Å²) in [5.74, 6) is 0.108. The van der Waals surface area contributed by atoms with Gasteiger partial charge in [0, 0.05) is 25.6 Å². The molecule has 4 aromatic rings. The molecule has 184 valence electrons. The van der Waals surface area contributed by atoms with Crippen LogP contribution in [0.5, 0.6) is 0 Å². The molecule has 0 bridgehead atoms. The number of halogens is 3. The van der Waals surface area contributed by atoms with Gasteiger partial charge in [0.05, 0.1) is 23.6 Å². The Morgan fingerprint density at radius 1 is 1.03 bits per heavy atom. The number of rotatable bonds is 4. The number of hydrogen-bond acceptors (Lipinski definition) is 7. The normalized spacial score (nSPS) is 21.6. The number of aromatic nitrogens is 6. The highest BCUT2D eigenvalue weighted by Crippen LogP contribution is 2.40. The fourth-order valence-electron chi connectivity index (χ4n) is 4.74. The van der Waals surface area contributed by atoms with E-state index in [2.05, 4.69) is 25.5 Å². The fourth-order valence-corrected chi connectivity index (χ4v) is 4.74. The van der Waals surface area contributed by atoms with Gasteiger partial charge in [0.1, 0.15) is 17.0 Å². The van der Waals surface area contributed by atoms with Crippen LogP contribution >= 0.6 is 0 Å². The number of anilines is 1. The maximum Gasteiger partial charge on any atom is 0.420 e. The SMILES string of the molecule is FC(F)(F)c1cnc(NC2CCCOC2)nc1-c1nn(C2CCCCO2)c2nn3ccccc3c12. The Balaban J connectivity index is 1.54. The summed E-state index contributed by atoms with van der Waals surface area (Å²) in [6.07, 6.45) is 1.77. The highest BCUT2D eigenvalue weighted by atomic mass is 19.4. The van der Waals surface area contributed by atoms with Crippen LogP contribution < -0.4 is 5.32 Å². The van der Waals surface area contributed by atoms with Gasteiger partial charge in [0.25, 0.3) is 0 Å². The standard InChI is InChI=1S/C23H24F3N7O2/c24-23(25,26)15-12-27-22(28-14-6-5-10-34-13-14)29-19(15)20-18-16-7-1-3-9-32(16)31-21(18)33(30-20)17-8-2-4-11-35-17/h1,3,7,9,12,14,17H,2,4-6,8,10-11,13H2,(H,27,28,29). The van der Waals surface area contributed by atoms with Crippen molar-refractivity contribution in [2.24, 2.45) is 0 Å². The van der Waals surface area contributed by atoms with Crippen molar-refractivity contribution in [3.63, 3.8) is 0 Å². The van der Waals surface area contributed by atoms with Gasteiger partial charge in [-0.3, -0.25) is 0 Å². The lowest BCUT2D eigenvalue weighted by atomic mass is 10.1. The molecule has 6 heterocycles. The van der Waals surface area contributed by atoms with E-state index in [1.807, 2.05) is 12.1 Å². The van der Waals surface area contributed by atoms with Crippen molar-refractivity contribution in [2.75, 3.05) is 25.1 Å². The zero-order chi connectivity index (χ0) is 24.0. The first-order valence-electron chi connectivity index (χ1n) is 11.7. The van der Waals surface area contributed by atoms with E-state index in [9.17, 15) is 13.2 Å². The third-order valence-corrected chi connectivity index (χ3v) is 6.42. The highest BCUT2D eigenvalue weighted by molar-refractivity contribution is 6.03. The maximum absolute atomic E-state index is 14.1. The lowest BCUT2D eigenvalue weighted by Gasteiger charge is -2.23. The van der Waals surface area contributed by atoms with Gasteiger partial charge >= 0.3 is 6.18 Å². The van der Waals surface area contributed by atoms with E-state index in [0.29, 0.717) is 42.8 Å². The summed E-state index contributed by atoms with van der Waals surface area (Å²) < 4.78 is 57.0. The summed E-state index contributed by atoms with van der Waals surface area (Å²) >= 11 is 0. The summed E-state index contributed by atoms with van der Waals surface area (Å²) in [7, 11) is 0. The molecule has 0 radical (unpaired) electrons. The molecule has 0 aliphatic carbocycles. The Labute approximate surface area is 198 Å². The van der Waals surface area contributed by atoms with Gasteiger partial charge in [-0.1, -0.05) is 6.07 Å². The maximum atomic E-state index is 14.1. The molecule has 35 heavy (non-hydrogen) atoms. The van der Waals surface area contributed by atoms with Crippen molar-refractivity contribution in [3.05, 3.63) is 36.2 Å². The van der Waals surface area contributed by atoms with Crippen LogP contribution in [0.25, 0.3) is 27.9 Å². The first-order chi connectivity index (χ1) is 17.0. The number of alkyl halides is 3. The van der Waals surface area contributed by atoms with Crippen LogP contribution in [0.3, 0.4) is 0 Å². The minimum atomic E-state index is -4.66. The summed E-state index contributed by atoms with van der Waals surface area (Å²) in [5.41, 5.74) is -0.0334. The molecule has 2 unspecified atom stereocenters. The predicted molar refractivity (Wildman–Crippen MR) is 121 cm³/mol. The fraction of sp³-hybridized carbons (Fsp3) is 0.478. The molecule has 2 aliphatic heterocycles. The molecule has 1 N–H and O–H groups in total. The van der Waals surface area contributed by atoms with Crippen molar-refractivity contribution in [1.82, 2.24) is 29.4 Å². The number of hydrogen-bond donors (Lipinski definition) is 1. The Bertz CT molecular complexity index is 1350. The number of fused-ring (bicyclic) bond motifs is 3. The number of pyridine rings is 1. The van der Waals surface area contributed by atoms with E-state index in [0.717, 1.165) is 31.9 Å². The first-order valence-corrected chi connectivity index (χ1v) is 11.7. The van der Waals surface area contributed by atoms with Crippen LogP contribution in [0.4, 0.5) is 19.1 Å². The highest BCUT2D eigenvalue weighted by Gasteiger charge is 2.38. The molecule has 9 nitrogen and oxygen atoms in total. The van der Waals surface area contributed by atoms with Crippen LogP contribution in [0.2, 0.25) is 0 Å². The molecule has 12 heteroatoms. The third-order valence-electron chi connectivity index (χ3n) is 6.42. The van der Waals surface area contributed by atoms with Crippen LogP contribution in [-0.4, -0.2) is 55.2 Å². The molecule has 0 saturated carbocycles. The predicted octanol–water partition coefficient (Wildman–Crippen LogP) is 4.45. The number of ether oxygens (including phenoxy) is 2. The molecule has 0 amide bonds. The number of nitrogens with one attached hydrogen (secondary N) is 1. The van der Waals surface area contributed by atoms with E-state index in [1.54, 1.807) is 21.5 Å². The van der Waals surface area contributed by atoms with E-state index >= 15 is 0 Å². The largest absolute Gasteiger partial charge is 0.420 e. The van der Waals surface area contributed by atoms with E-state index < -0.39 is 18.0 Å². The molecule has 4 aromatic heterocycles. The van der Waals surface area contributed by atoms with Crippen molar-refractivity contribution < 1.29 is 22.6 Å². The van der Waals surface area contributed by atoms with E-state index in [-0.39, 0.29) is 23.4 Å². The molecule has 2 saturated heterocycles. The van der Waals surface area contributed by atoms with Crippen molar-refractivity contribution in [1.29, 1.82) is 0 Å². The van der Waals surface area contributed by atoms with Crippen molar-refractivity contribution in [3.8, 4) is 11.4 Å². The van der Waals surface area contributed by atoms with E-state index in [4.69, 9.17) is 9.47 Å². The minimum absolute atomic E-state index is 0.0708. The quantitative estimate of drug-likeness (QED) is 0.455. The molecular formula is C23H24F3N7O2. The van der Waals surface area contributed by atoms with E-state index in [1.165, 1.54) is 0 Å². The summed E-state index contributed by atoms with van der Waals surface area (Å²) in [6.45, 7) is 1.68.